The van der Waals surface area contributed by atoms with Crippen molar-refractivity contribution < 1.29 is 14.5 Å². The Morgan fingerprint density at radius 2 is 1.94 bits per heavy atom. The van der Waals surface area contributed by atoms with Gasteiger partial charge in [0.2, 0.25) is 11.8 Å². The summed E-state index contributed by atoms with van der Waals surface area (Å²) in [5, 5.41) is 12.8. The van der Waals surface area contributed by atoms with Crippen LogP contribution in [0.25, 0.3) is 0 Å². The molecule has 0 bridgehead atoms. The molecule has 1 aromatic carbocycles. The van der Waals surface area contributed by atoms with Crippen molar-refractivity contribution in [3.8, 4) is 0 Å². The third-order valence-corrected chi connectivity index (χ3v) is 4.23. The lowest BCUT2D eigenvalue weighted by Gasteiger charge is -2.11. The van der Waals surface area contributed by atoms with Crippen molar-refractivity contribution in [1.29, 1.82) is 0 Å². The number of amides is 2. The largest absolute Gasteiger partial charge is 0.295 e. The number of nitro benzene ring substituents is 1. The zero-order valence-electron chi connectivity index (χ0n) is 8.72. The molecule has 0 spiro atoms. The Bertz CT molecular complexity index is 561. The van der Waals surface area contributed by atoms with Gasteiger partial charge in [-0.15, -0.1) is 0 Å². The molecule has 94 valence electrons. The summed E-state index contributed by atoms with van der Waals surface area (Å²) in [5.74, 6) is -1.51. The number of imide groups is 1. The van der Waals surface area contributed by atoms with Crippen LogP contribution in [0, 0.1) is 10.1 Å². The first-order valence-corrected chi connectivity index (χ1v) is 6.55. The summed E-state index contributed by atoms with van der Waals surface area (Å²) in [5.41, 5.74) is 0.451. The molecule has 1 heterocycles. The number of hydrogen-bond acceptors (Lipinski definition) is 4. The number of non-ortho nitro benzene ring substituents is 1. The fraction of sp³-hybridized carbons (Fsp3) is 0.200. The fourth-order valence-corrected chi connectivity index (χ4v) is 2.99. The minimum absolute atomic E-state index is 0.0820. The Morgan fingerprint density at radius 1 is 1.28 bits per heavy atom. The van der Waals surface area contributed by atoms with Crippen molar-refractivity contribution in [3.05, 3.63) is 38.3 Å². The van der Waals surface area contributed by atoms with E-state index in [4.69, 9.17) is 0 Å². The van der Waals surface area contributed by atoms with Crippen LogP contribution in [0.1, 0.15) is 11.5 Å². The number of nitrogens with one attached hydrogen (secondary N) is 1. The molecule has 0 radical (unpaired) electrons. The average molecular weight is 378 g/mol. The fourth-order valence-electron chi connectivity index (χ4n) is 1.73. The minimum atomic E-state index is -0.687. The Labute approximate surface area is 118 Å². The van der Waals surface area contributed by atoms with Crippen molar-refractivity contribution in [2.75, 3.05) is 0 Å². The summed E-state index contributed by atoms with van der Waals surface area (Å²) in [6.45, 7) is 0. The average Bonchev–Trinajstić information content (AvgIpc) is 2.54. The number of benzene rings is 1. The normalized spacial score (nSPS) is 23.0. The van der Waals surface area contributed by atoms with Crippen LogP contribution < -0.4 is 5.32 Å². The Morgan fingerprint density at radius 3 is 2.39 bits per heavy atom. The van der Waals surface area contributed by atoms with Crippen LogP contribution >= 0.6 is 31.9 Å². The van der Waals surface area contributed by atoms with Gasteiger partial charge in [-0.1, -0.05) is 37.9 Å². The topological polar surface area (TPSA) is 89.3 Å². The minimum Gasteiger partial charge on any atom is -0.295 e. The van der Waals surface area contributed by atoms with E-state index in [-0.39, 0.29) is 5.69 Å². The van der Waals surface area contributed by atoms with Gasteiger partial charge in [0.15, 0.2) is 0 Å². The highest BCUT2D eigenvalue weighted by molar-refractivity contribution is 9.10. The zero-order chi connectivity index (χ0) is 13.4. The van der Waals surface area contributed by atoms with Crippen LogP contribution in [0.2, 0.25) is 0 Å². The van der Waals surface area contributed by atoms with Crippen molar-refractivity contribution in [1.82, 2.24) is 5.32 Å². The van der Waals surface area contributed by atoms with E-state index in [0.29, 0.717) is 10.0 Å². The lowest BCUT2D eigenvalue weighted by atomic mass is 9.97. The monoisotopic (exact) mass is 376 g/mol. The molecule has 1 N–H and O–H groups in total. The maximum absolute atomic E-state index is 11.6. The van der Waals surface area contributed by atoms with Gasteiger partial charge in [0.1, 0.15) is 4.83 Å². The number of nitro groups is 1. The van der Waals surface area contributed by atoms with E-state index in [1.165, 1.54) is 18.2 Å². The van der Waals surface area contributed by atoms with Crippen molar-refractivity contribution in [2.24, 2.45) is 0 Å². The maximum Gasteiger partial charge on any atom is 0.270 e. The Kier molecular flexibility index (Phi) is 3.49. The second-order valence-electron chi connectivity index (χ2n) is 3.70. The first kappa shape index (κ1) is 13.2. The van der Waals surface area contributed by atoms with Gasteiger partial charge in [0.25, 0.3) is 5.69 Å². The SMILES string of the molecule is O=C1NC(=O)C(c2ccc([N+](=O)[O-])cc2Br)C1Br. The van der Waals surface area contributed by atoms with Gasteiger partial charge in [-0.3, -0.25) is 25.0 Å². The smallest absolute Gasteiger partial charge is 0.270 e. The number of rotatable bonds is 2. The highest BCUT2D eigenvalue weighted by atomic mass is 79.9. The molecule has 1 aromatic rings. The molecule has 2 amide bonds. The standard InChI is InChI=1S/C10H6Br2N2O4/c11-6-3-4(14(17)18)1-2-5(6)7-8(12)10(16)13-9(7)15/h1-3,7-8H,(H,13,15,16). The molecular formula is C10H6Br2N2O4. The maximum atomic E-state index is 11.6. The van der Waals surface area contributed by atoms with E-state index in [9.17, 15) is 19.7 Å². The van der Waals surface area contributed by atoms with Gasteiger partial charge in [0.05, 0.1) is 10.8 Å². The number of hydrogen-bond donors (Lipinski definition) is 1. The van der Waals surface area contributed by atoms with Gasteiger partial charge in [-0.2, -0.15) is 0 Å². The van der Waals surface area contributed by atoms with Crippen molar-refractivity contribution >= 4 is 49.4 Å². The highest BCUT2D eigenvalue weighted by Gasteiger charge is 2.41. The summed E-state index contributed by atoms with van der Waals surface area (Å²) >= 11 is 6.33. The number of halogens is 2. The van der Waals surface area contributed by atoms with E-state index >= 15 is 0 Å². The molecule has 1 aliphatic heterocycles. The third-order valence-electron chi connectivity index (χ3n) is 2.60. The van der Waals surface area contributed by atoms with Crippen LogP contribution in [0.5, 0.6) is 0 Å². The van der Waals surface area contributed by atoms with E-state index in [1.807, 2.05) is 0 Å². The first-order chi connectivity index (χ1) is 8.41. The molecule has 0 saturated carbocycles. The zero-order valence-corrected chi connectivity index (χ0v) is 11.9. The molecule has 18 heavy (non-hydrogen) atoms. The van der Waals surface area contributed by atoms with Gasteiger partial charge in [-0.05, 0) is 5.56 Å². The van der Waals surface area contributed by atoms with E-state index in [1.54, 1.807) is 0 Å². The predicted octanol–water partition coefficient (Wildman–Crippen LogP) is 1.86. The van der Waals surface area contributed by atoms with Crippen LogP contribution in [0.4, 0.5) is 5.69 Å². The van der Waals surface area contributed by atoms with Gasteiger partial charge in [-0.25, -0.2) is 0 Å². The molecule has 1 saturated heterocycles. The molecule has 8 heteroatoms. The summed E-state index contributed by atoms with van der Waals surface area (Å²) < 4.78 is 0.427. The molecule has 1 fully saturated rings. The second-order valence-corrected chi connectivity index (χ2v) is 5.54. The molecule has 0 aromatic heterocycles. The molecule has 2 rings (SSSR count). The first-order valence-electron chi connectivity index (χ1n) is 4.84. The van der Waals surface area contributed by atoms with Crippen LogP contribution in [-0.4, -0.2) is 21.6 Å². The Hall–Kier alpha value is -1.28. The molecule has 1 aliphatic rings. The highest BCUT2D eigenvalue weighted by Crippen LogP contribution is 2.35. The molecule has 6 nitrogen and oxygen atoms in total. The quantitative estimate of drug-likeness (QED) is 0.368. The number of carbonyl (C=O) groups excluding carboxylic acids is 2. The third kappa shape index (κ3) is 2.17. The van der Waals surface area contributed by atoms with Crippen LogP contribution in [0.15, 0.2) is 22.7 Å². The number of nitrogens with zero attached hydrogens (tertiary/aromatic N) is 1. The molecule has 2 atom stereocenters. The summed E-state index contributed by atoms with van der Waals surface area (Å²) in [4.78, 5) is 32.4. The van der Waals surface area contributed by atoms with Crippen LogP contribution in [0.3, 0.4) is 0 Å². The second kappa shape index (κ2) is 4.77. The van der Waals surface area contributed by atoms with Crippen molar-refractivity contribution in [2.45, 2.75) is 10.7 Å². The molecular weight excluding hydrogens is 372 g/mol. The van der Waals surface area contributed by atoms with Crippen LogP contribution in [-0.2, 0) is 9.59 Å². The number of alkyl halides is 1. The summed E-state index contributed by atoms with van der Waals surface area (Å²) in [7, 11) is 0. The van der Waals surface area contributed by atoms with Gasteiger partial charge < -0.3 is 0 Å². The predicted molar refractivity (Wildman–Crippen MR) is 69.4 cm³/mol. The lowest BCUT2D eigenvalue weighted by molar-refractivity contribution is -0.384. The van der Waals surface area contributed by atoms with Gasteiger partial charge in [0, 0.05) is 16.6 Å². The molecule has 0 aliphatic carbocycles. The van der Waals surface area contributed by atoms with E-state index in [0.717, 1.165) is 0 Å². The molecule has 2 unspecified atom stereocenters. The summed E-state index contributed by atoms with van der Waals surface area (Å²) in [6, 6.07) is 4.08. The van der Waals surface area contributed by atoms with E-state index < -0.39 is 27.5 Å². The Balaban J connectivity index is 2.43. The van der Waals surface area contributed by atoms with Gasteiger partial charge >= 0.3 is 0 Å². The van der Waals surface area contributed by atoms with E-state index in [2.05, 4.69) is 37.2 Å². The summed E-state index contributed by atoms with van der Waals surface area (Å²) in [6.07, 6.45) is 0. The lowest BCUT2D eigenvalue weighted by Crippen LogP contribution is -2.22. The van der Waals surface area contributed by atoms with Crippen molar-refractivity contribution in [3.63, 3.8) is 0 Å². The number of carbonyl (C=O) groups is 2.